The zero-order valence-electron chi connectivity index (χ0n) is 6.36. The van der Waals surface area contributed by atoms with Crippen molar-refractivity contribution >= 4 is 5.78 Å². The fourth-order valence-electron chi connectivity index (χ4n) is 1.16. The van der Waals surface area contributed by atoms with Crippen LogP contribution in [-0.2, 0) is 9.53 Å². The maximum atomic E-state index is 12.1. The van der Waals surface area contributed by atoms with E-state index in [4.69, 9.17) is 4.74 Å². The Hall–Kier alpha value is -0.580. The lowest BCUT2D eigenvalue weighted by molar-refractivity contribution is -0.182. The summed E-state index contributed by atoms with van der Waals surface area (Å²) in [6, 6.07) is 0. The molecule has 0 bridgehead atoms. The minimum Gasteiger partial charge on any atom is -0.381 e. The van der Waals surface area contributed by atoms with Crippen LogP contribution in [0.3, 0.4) is 0 Å². The SMILES string of the molecule is O=C1CCOCCC1C(F)(F)F. The first-order valence-corrected chi connectivity index (χ1v) is 3.69. The summed E-state index contributed by atoms with van der Waals surface area (Å²) in [5.74, 6) is -2.56. The zero-order chi connectivity index (χ0) is 9.19. The Morgan fingerprint density at radius 1 is 1.33 bits per heavy atom. The summed E-state index contributed by atoms with van der Waals surface area (Å²) >= 11 is 0. The summed E-state index contributed by atoms with van der Waals surface area (Å²) in [5, 5.41) is 0. The summed E-state index contributed by atoms with van der Waals surface area (Å²) in [5.41, 5.74) is 0. The monoisotopic (exact) mass is 182 g/mol. The maximum Gasteiger partial charge on any atom is 0.398 e. The van der Waals surface area contributed by atoms with Crippen LogP contribution in [0.25, 0.3) is 0 Å². The molecule has 12 heavy (non-hydrogen) atoms. The molecule has 0 aliphatic carbocycles. The van der Waals surface area contributed by atoms with Crippen molar-refractivity contribution in [3.63, 3.8) is 0 Å². The van der Waals surface area contributed by atoms with Crippen molar-refractivity contribution in [1.82, 2.24) is 0 Å². The average Bonchev–Trinajstić information content (AvgIpc) is 2.11. The van der Waals surface area contributed by atoms with Crippen LogP contribution in [0.1, 0.15) is 12.8 Å². The Morgan fingerprint density at radius 2 is 2.00 bits per heavy atom. The number of alkyl halides is 3. The molecule has 0 radical (unpaired) electrons. The smallest absolute Gasteiger partial charge is 0.381 e. The highest BCUT2D eigenvalue weighted by molar-refractivity contribution is 5.82. The molecule has 1 heterocycles. The van der Waals surface area contributed by atoms with Gasteiger partial charge in [0.15, 0.2) is 0 Å². The number of rotatable bonds is 0. The van der Waals surface area contributed by atoms with E-state index in [1.807, 2.05) is 0 Å². The normalized spacial score (nSPS) is 26.9. The third kappa shape index (κ3) is 2.20. The highest BCUT2D eigenvalue weighted by Crippen LogP contribution is 2.31. The van der Waals surface area contributed by atoms with Crippen LogP contribution >= 0.6 is 0 Å². The molecule has 0 aromatic carbocycles. The Kier molecular flexibility index (Phi) is 2.72. The highest BCUT2D eigenvalue weighted by Gasteiger charge is 2.44. The maximum absolute atomic E-state index is 12.1. The summed E-state index contributed by atoms with van der Waals surface area (Å²) in [4.78, 5) is 10.9. The molecule has 5 heteroatoms. The first-order valence-electron chi connectivity index (χ1n) is 3.69. The fourth-order valence-corrected chi connectivity index (χ4v) is 1.16. The molecule has 0 spiro atoms. The van der Waals surface area contributed by atoms with Crippen LogP contribution in [0.4, 0.5) is 13.2 Å². The van der Waals surface area contributed by atoms with E-state index >= 15 is 0 Å². The van der Waals surface area contributed by atoms with E-state index in [9.17, 15) is 18.0 Å². The molecule has 1 saturated heterocycles. The number of ether oxygens (including phenoxy) is 1. The molecule has 1 aliphatic rings. The standard InChI is InChI=1S/C7H9F3O2/c8-7(9,10)5-1-3-12-4-2-6(5)11/h5H,1-4H2. The van der Waals surface area contributed by atoms with Gasteiger partial charge in [0.1, 0.15) is 11.7 Å². The van der Waals surface area contributed by atoms with Gasteiger partial charge < -0.3 is 4.74 Å². The second-order valence-corrected chi connectivity index (χ2v) is 2.71. The van der Waals surface area contributed by atoms with Gasteiger partial charge in [0.25, 0.3) is 0 Å². The third-order valence-electron chi connectivity index (χ3n) is 1.83. The van der Waals surface area contributed by atoms with Crippen LogP contribution in [-0.4, -0.2) is 25.2 Å². The van der Waals surface area contributed by atoms with Crippen LogP contribution in [0.2, 0.25) is 0 Å². The van der Waals surface area contributed by atoms with E-state index in [0.717, 1.165) is 0 Å². The summed E-state index contributed by atoms with van der Waals surface area (Å²) in [6.45, 7) is 0.140. The van der Waals surface area contributed by atoms with Crippen molar-refractivity contribution < 1.29 is 22.7 Å². The minimum absolute atomic E-state index is 0.0237. The summed E-state index contributed by atoms with van der Waals surface area (Å²) in [7, 11) is 0. The van der Waals surface area contributed by atoms with Crippen molar-refractivity contribution in [1.29, 1.82) is 0 Å². The van der Waals surface area contributed by atoms with Gasteiger partial charge in [0, 0.05) is 13.0 Å². The van der Waals surface area contributed by atoms with Crippen molar-refractivity contribution in [2.75, 3.05) is 13.2 Å². The lowest BCUT2D eigenvalue weighted by Gasteiger charge is -2.15. The Labute approximate surface area is 67.7 Å². The topological polar surface area (TPSA) is 26.3 Å². The molecule has 1 atom stereocenters. The van der Waals surface area contributed by atoms with Gasteiger partial charge in [-0.1, -0.05) is 0 Å². The first-order chi connectivity index (χ1) is 5.52. The van der Waals surface area contributed by atoms with Gasteiger partial charge in [-0.05, 0) is 6.42 Å². The van der Waals surface area contributed by atoms with E-state index in [0.29, 0.717) is 0 Å². The fraction of sp³-hybridized carbons (Fsp3) is 0.857. The van der Waals surface area contributed by atoms with E-state index in [1.54, 1.807) is 0 Å². The van der Waals surface area contributed by atoms with Gasteiger partial charge in [-0.15, -0.1) is 0 Å². The lowest BCUT2D eigenvalue weighted by atomic mass is 9.99. The number of hydrogen-bond donors (Lipinski definition) is 0. The Balaban J connectivity index is 2.66. The molecule has 1 fully saturated rings. The average molecular weight is 182 g/mol. The van der Waals surface area contributed by atoms with E-state index in [1.165, 1.54) is 0 Å². The Morgan fingerprint density at radius 3 is 2.58 bits per heavy atom. The van der Waals surface area contributed by atoms with Gasteiger partial charge in [-0.2, -0.15) is 13.2 Å². The molecule has 0 aromatic rings. The first kappa shape index (κ1) is 9.51. The number of carbonyl (C=O) groups is 1. The molecule has 1 rings (SSSR count). The lowest BCUT2D eigenvalue weighted by Crippen LogP contribution is -2.30. The van der Waals surface area contributed by atoms with E-state index in [2.05, 4.69) is 0 Å². The van der Waals surface area contributed by atoms with E-state index < -0.39 is 17.9 Å². The van der Waals surface area contributed by atoms with Crippen LogP contribution < -0.4 is 0 Å². The number of ketones is 1. The van der Waals surface area contributed by atoms with Gasteiger partial charge in [-0.25, -0.2) is 0 Å². The number of carbonyl (C=O) groups excluding carboxylic acids is 1. The molecule has 0 saturated carbocycles. The number of Topliss-reactive ketones (excluding diaryl/α,β-unsaturated/α-hetero) is 1. The number of halogens is 3. The van der Waals surface area contributed by atoms with Gasteiger partial charge in [0.2, 0.25) is 0 Å². The largest absolute Gasteiger partial charge is 0.398 e. The molecular weight excluding hydrogens is 173 g/mol. The second-order valence-electron chi connectivity index (χ2n) is 2.71. The van der Waals surface area contributed by atoms with E-state index in [-0.39, 0.29) is 26.1 Å². The van der Waals surface area contributed by atoms with Crippen LogP contribution in [0.15, 0.2) is 0 Å². The van der Waals surface area contributed by atoms with Gasteiger partial charge in [-0.3, -0.25) is 4.79 Å². The third-order valence-corrected chi connectivity index (χ3v) is 1.83. The van der Waals surface area contributed by atoms with Crippen molar-refractivity contribution in [3.05, 3.63) is 0 Å². The molecule has 1 aliphatic heterocycles. The predicted octanol–water partition coefficient (Wildman–Crippen LogP) is 1.54. The quantitative estimate of drug-likeness (QED) is 0.568. The minimum atomic E-state index is -4.40. The van der Waals surface area contributed by atoms with Gasteiger partial charge >= 0.3 is 6.18 Å². The molecule has 70 valence electrons. The van der Waals surface area contributed by atoms with Crippen molar-refractivity contribution in [2.24, 2.45) is 5.92 Å². The van der Waals surface area contributed by atoms with Crippen LogP contribution in [0, 0.1) is 5.92 Å². The van der Waals surface area contributed by atoms with Gasteiger partial charge in [0.05, 0.1) is 6.61 Å². The molecule has 2 nitrogen and oxygen atoms in total. The van der Waals surface area contributed by atoms with Crippen molar-refractivity contribution in [3.8, 4) is 0 Å². The Bertz CT molecular complexity index is 176. The molecule has 0 aromatic heterocycles. The second kappa shape index (κ2) is 3.43. The molecule has 0 amide bonds. The number of hydrogen-bond acceptors (Lipinski definition) is 2. The predicted molar refractivity (Wildman–Crippen MR) is 34.6 cm³/mol. The highest BCUT2D eigenvalue weighted by atomic mass is 19.4. The molecule has 1 unspecified atom stereocenters. The molecule has 0 N–H and O–H groups in total. The van der Waals surface area contributed by atoms with Crippen LogP contribution in [0.5, 0.6) is 0 Å². The zero-order valence-corrected chi connectivity index (χ0v) is 6.36. The van der Waals surface area contributed by atoms with Crippen molar-refractivity contribution in [2.45, 2.75) is 19.0 Å². The summed E-state index contributed by atoms with van der Waals surface area (Å²) in [6.07, 6.45) is -4.75. The molecular formula is C7H9F3O2. The summed E-state index contributed by atoms with van der Waals surface area (Å²) < 4.78 is 41.1.